The fourth-order valence-electron chi connectivity index (χ4n) is 1.90. The first kappa shape index (κ1) is 11.7. The normalized spacial score (nSPS) is 12.4. The molecule has 0 amide bonds. The van der Waals surface area contributed by atoms with Crippen LogP contribution in [-0.4, -0.2) is 5.11 Å². The second kappa shape index (κ2) is 5.02. The monoisotopic (exact) mass is 227 g/mol. The number of benzene rings is 2. The molecule has 0 saturated carbocycles. The minimum absolute atomic E-state index is 0.475. The topological polar surface area (TPSA) is 46.2 Å². The van der Waals surface area contributed by atoms with Crippen molar-refractivity contribution >= 4 is 5.69 Å². The molecule has 2 nitrogen and oxygen atoms in total. The molecule has 0 fully saturated rings. The van der Waals surface area contributed by atoms with Gasteiger partial charge in [0.25, 0.3) is 0 Å². The van der Waals surface area contributed by atoms with E-state index in [0.29, 0.717) is 6.42 Å². The molecule has 3 N–H and O–H groups in total. The number of hydrogen-bond acceptors (Lipinski definition) is 2. The van der Waals surface area contributed by atoms with Crippen LogP contribution in [0.1, 0.15) is 22.8 Å². The Balaban J connectivity index is 2.11. The molecule has 0 aliphatic heterocycles. The van der Waals surface area contributed by atoms with Gasteiger partial charge >= 0.3 is 0 Å². The van der Waals surface area contributed by atoms with E-state index >= 15 is 0 Å². The van der Waals surface area contributed by atoms with Crippen molar-refractivity contribution in [3.05, 3.63) is 65.2 Å². The number of aliphatic hydroxyl groups excluding tert-OH is 1. The summed E-state index contributed by atoms with van der Waals surface area (Å²) in [4.78, 5) is 0. The van der Waals surface area contributed by atoms with Gasteiger partial charge in [-0.2, -0.15) is 0 Å². The van der Waals surface area contributed by atoms with E-state index in [1.807, 2.05) is 36.4 Å². The summed E-state index contributed by atoms with van der Waals surface area (Å²) in [6.07, 6.45) is 0.156. The summed E-state index contributed by atoms with van der Waals surface area (Å²) >= 11 is 0. The number of aliphatic hydroxyl groups is 1. The van der Waals surface area contributed by atoms with Crippen LogP contribution in [0.2, 0.25) is 0 Å². The Morgan fingerprint density at radius 1 is 1.12 bits per heavy atom. The van der Waals surface area contributed by atoms with Crippen LogP contribution in [0.15, 0.2) is 48.5 Å². The van der Waals surface area contributed by atoms with Crippen LogP contribution in [0.5, 0.6) is 0 Å². The highest BCUT2D eigenvalue weighted by Crippen LogP contribution is 2.19. The van der Waals surface area contributed by atoms with Gasteiger partial charge < -0.3 is 10.8 Å². The third kappa shape index (κ3) is 3.08. The average Bonchev–Trinajstić information content (AvgIpc) is 2.29. The van der Waals surface area contributed by atoms with Crippen LogP contribution in [0.25, 0.3) is 0 Å². The van der Waals surface area contributed by atoms with Crippen molar-refractivity contribution in [2.45, 2.75) is 19.4 Å². The third-order valence-electron chi connectivity index (χ3n) is 2.83. The summed E-state index contributed by atoms with van der Waals surface area (Å²) in [5, 5.41) is 10.1. The first-order valence-electron chi connectivity index (χ1n) is 5.74. The molecule has 0 spiro atoms. The lowest BCUT2D eigenvalue weighted by atomic mass is 10.0. The Labute approximate surface area is 102 Å². The molecule has 2 aromatic rings. The summed E-state index contributed by atoms with van der Waals surface area (Å²) in [6, 6.07) is 15.6. The van der Waals surface area contributed by atoms with Crippen LogP contribution in [-0.2, 0) is 6.42 Å². The van der Waals surface area contributed by atoms with Gasteiger partial charge in [-0.05, 0) is 30.2 Å². The van der Waals surface area contributed by atoms with Crippen molar-refractivity contribution in [2.75, 3.05) is 5.73 Å². The van der Waals surface area contributed by atoms with Crippen LogP contribution >= 0.6 is 0 Å². The predicted octanol–water partition coefficient (Wildman–Crippen LogP) is 2.85. The van der Waals surface area contributed by atoms with E-state index in [-0.39, 0.29) is 0 Å². The van der Waals surface area contributed by atoms with Crippen LogP contribution in [0, 0.1) is 6.92 Å². The Hall–Kier alpha value is -1.80. The molecule has 0 radical (unpaired) electrons. The SMILES string of the molecule is Cc1cccc(CC(O)c2ccc(N)cc2)c1. The maximum Gasteiger partial charge on any atom is 0.0830 e. The molecule has 2 heteroatoms. The molecule has 2 aromatic carbocycles. The summed E-state index contributed by atoms with van der Waals surface area (Å²) in [5.41, 5.74) is 9.60. The van der Waals surface area contributed by atoms with E-state index in [4.69, 9.17) is 5.73 Å². The van der Waals surface area contributed by atoms with Crippen molar-refractivity contribution in [1.82, 2.24) is 0 Å². The van der Waals surface area contributed by atoms with Gasteiger partial charge in [-0.25, -0.2) is 0 Å². The molecule has 0 aliphatic carbocycles. The fraction of sp³-hybridized carbons (Fsp3) is 0.200. The summed E-state index contributed by atoms with van der Waals surface area (Å²) in [5.74, 6) is 0. The summed E-state index contributed by atoms with van der Waals surface area (Å²) in [6.45, 7) is 2.05. The van der Waals surface area contributed by atoms with E-state index in [0.717, 1.165) is 16.8 Å². The van der Waals surface area contributed by atoms with Crippen molar-refractivity contribution in [3.8, 4) is 0 Å². The minimum Gasteiger partial charge on any atom is -0.399 e. The first-order valence-corrected chi connectivity index (χ1v) is 5.74. The summed E-state index contributed by atoms with van der Waals surface area (Å²) in [7, 11) is 0. The molecule has 0 aliphatic rings. The molecule has 0 aromatic heterocycles. The molecular weight excluding hydrogens is 210 g/mol. The van der Waals surface area contributed by atoms with E-state index in [1.165, 1.54) is 5.56 Å². The first-order chi connectivity index (χ1) is 8.15. The highest BCUT2D eigenvalue weighted by Gasteiger charge is 2.08. The predicted molar refractivity (Wildman–Crippen MR) is 70.7 cm³/mol. The molecule has 0 bridgehead atoms. The van der Waals surface area contributed by atoms with Gasteiger partial charge in [0.05, 0.1) is 6.10 Å². The van der Waals surface area contributed by atoms with E-state index in [1.54, 1.807) is 0 Å². The van der Waals surface area contributed by atoms with Gasteiger partial charge in [-0.15, -0.1) is 0 Å². The molecular formula is C15H17NO. The van der Waals surface area contributed by atoms with Crippen molar-refractivity contribution in [1.29, 1.82) is 0 Å². The molecule has 0 saturated heterocycles. The van der Waals surface area contributed by atoms with Gasteiger partial charge in [0.15, 0.2) is 0 Å². The zero-order chi connectivity index (χ0) is 12.3. The quantitative estimate of drug-likeness (QED) is 0.792. The molecule has 1 atom stereocenters. The standard InChI is InChI=1S/C15H17NO/c1-11-3-2-4-12(9-11)10-15(17)13-5-7-14(16)8-6-13/h2-9,15,17H,10,16H2,1H3. The molecule has 0 heterocycles. The van der Waals surface area contributed by atoms with Crippen molar-refractivity contribution in [3.63, 3.8) is 0 Å². The number of rotatable bonds is 3. The third-order valence-corrected chi connectivity index (χ3v) is 2.83. The lowest BCUT2D eigenvalue weighted by Crippen LogP contribution is -2.02. The average molecular weight is 227 g/mol. The zero-order valence-corrected chi connectivity index (χ0v) is 9.93. The molecule has 1 unspecified atom stereocenters. The Bertz CT molecular complexity index is 491. The highest BCUT2D eigenvalue weighted by atomic mass is 16.3. The fourth-order valence-corrected chi connectivity index (χ4v) is 1.90. The van der Waals surface area contributed by atoms with E-state index in [2.05, 4.69) is 19.1 Å². The van der Waals surface area contributed by atoms with Crippen LogP contribution in [0.4, 0.5) is 5.69 Å². The van der Waals surface area contributed by atoms with E-state index in [9.17, 15) is 5.11 Å². The second-order valence-corrected chi connectivity index (χ2v) is 4.38. The van der Waals surface area contributed by atoms with Gasteiger partial charge in [0, 0.05) is 12.1 Å². The second-order valence-electron chi connectivity index (χ2n) is 4.38. The maximum atomic E-state index is 10.1. The number of anilines is 1. The van der Waals surface area contributed by atoms with Gasteiger partial charge in [0.1, 0.15) is 0 Å². The maximum absolute atomic E-state index is 10.1. The van der Waals surface area contributed by atoms with Gasteiger partial charge in [-0.3, -0.25) is 0 Å². The smallest absolute Gasteiger partial charge is 0.0830 e. The van der Waals surface area contributed by atoms with Crippen LogP contribution < -0.4 is 5.73 Å². The van der Waals surface area contributed by atoms with Gasteiger partial charge in [0.2, 0.25) is 0 Å². The largest absolute Gasteiger partial charge is 0.399 e. The minimum atomic E-state index is -0.475. The number of nitrogen functional groups attached to an aromatic ring is 1. The Kier molecular flexibility index (Phi) is 3.45. The molecule has 2 rings (SSSR count). The Morgan fingerprint density at radius 3 is 2.47 bits per heavy atom. The number of hydrogen-bond donors (Lipinski definition) is 2. The lowest BCUT2D eigenvalue weighted by molar-refractivity contribution is 0.178. The molecule has 88 valence electrons. The number of nitrogens with two attached hydrogens (primary N) is 1. The van der Waals surface area contributed by atoms with Crippen molar-refractivity contribution < 1.29 is 5.11 Å². The zero-order valence-electron chi connectivity index (χ0n) is 9.93. The number of aryl methyl sites for hydroxylation is 1. The lowest BCUT2D eigenvalue weighted by Gasteiger charge is -2.11. The highest BCUT2D eigenvalue weighted by molar-refractivity contribution is 5.40. The molecule has 17 heavy (non-hydrogen) atoms. The Morgan fingerprint density at radius 2 is 1.82 bits per heavy atom. The van der Waals surface area contributed by atoms with E-state index < -0.39 is 6.10 Å². The van der Waals surface area contributed by atoms with Crippen molar-refractivity contribution in [2.24, 2.45) is 0 Å². The van der Waals surface area contributed by atoms with Gasteiger partial charge in [-0.1, -0.05) is 42.0 Å². The van der Waals surface area contributed by atoms with Crippen LogP contribution in [0.3, 0.4) is 0 Å². The summed E-state index contributed by atoms with van der Waals surface area (Å²) < 4.78 is 0.